The van der Waals surface area contributed by atoms with Crippen LogP contribution in [0.15, 0.2) is 0 Å². The SMILES string of the molecule is CC(C)C1CCCN1C1CCC(CN)C1. The van der Waals surface area contributed by atoms with Gasteiger partial charge < -0.3 is 5.73 Å². The molecular formula is C13H26N2. The van der Waals surface area contributed by atoms with Crippen molar-refractivity contribution in [2.75, 3.05) is 13.1 Å². The van der Waals surface area contributed by atoms with E-state index in [1.54, 1.807) is 0 Å². The Balaban J connectivity index is 1.93. The van der Waals surface area contributed by atoms with Crippen molar-refractivity contribution in [3.8, 4) is 0 Å². The molecule has 0 aromatic rings. The molecule has 88 valence electrons. The maximum Gasteiger partial charge on any atom is 0.0122 e. The lowest BCUT2D eigenvalue weighted by molar-refractivity contribution is 0.145. The van der Waals surface area contributed by atoms with E-state index in [2.05, 4.69) is 18.7 Å². The number of likely N-dealkylation sites (tertiary alicyclic amines) is 1. The highest BCUT2D eigenvalue weighted by Gasteiger charge is 2.36. The van der Waals surface area contributed by atoms with Gasteiger partial charge in [0, 0.05) is 12.1 Å². The number of nitrogens with zero attached hydrogens (tertiary/aromatic N) is 1. The summed E-state index contributed by atoms with van der Waals surface area (Å²) in [6, 6.07) is 1.71. The van der Waals surface area contributed by atoms with Crippen LogP contribution in [0.1, 0.15) is 46.0 Å². The minimum Gasteiger partial charge on any atom is -0.330 e. The van der Waals surface area contributed by atoms with Crippen LogP contribution in [-0.2, 0) is 0 Å². The van der Waals surface area contributed by atoms with Crippen LogP contribution in [0.2, 0.25) is 0 Å². The number of hydrogen-bond donors (Lipinski definition) is 1. The molecule has 0 amide bonds. The lowest BCUT2D eigenvalue weighted by atomic mass is 10.00. The maximum absolute atomic E-state index is 5.77. The van der Waals surface area contributed by atoms with Crippen LogP contribution in [0.5, 0.6) is 0 Å². The largest absolute Gasteiger partial charge is 0.330 e. The van der Waals surface area contributed by atoms with Gasteiger partial charge in [-0.15, -0.1) is 0 Å². The van der Waals surface area contributed by atoms with Crippen LogP contribution in [0, 0.1) is 11.8 Å². The molecule has 2 aliphatic rings. The van der Waals surface area contributed by atoms with Crippen molar-refractivity contribution in [1.29, 1.82) is 0 Å². The highest BCUT2D eigenvalue weighted by Crippen LogP contribution is 2.35. The predicted octanol–water partition coefficient (Wildman–Crippen LogP) is 2.23. The molecule has 0 radical (unpaired) electrons. The van der Waals surface area contributed by atoms with Crippen LogP contribution >= 0.6 is 0 Å². The summed E-state index contributed by atoms with van der Waals surface area (Å²) in [6.07, 6.45) is 6.95. The minimum atomic E-state index is 0.809. The molecule has 1 saturated carbocycles. The van der Waals surface area contributed by atoms with Crippen molar-refractivity contribution in [3.63, 3.8) is 0 Å². The molecule has 0 aromatic carbocycles. The van der Waals surface area contributed by atoms with Gasteiger partial charge in [0.15, 0.2) is 0 Å². The standard InChI is InChI=1S/C13H26N2/c1-10(2)13-4-3-7-15(13)12-6-5-11(8-12)9-14/h10-13H,3-9,14H2,1-2H3. The molecule has 15 heavy (non-hydrogen) atoms. The maximum atomic E-state index is 5.77. The van der Waals surface area contributed by atoms with Gasteiger partial charge >= 0.3 is 0 Å². The third-order valence-corrected chi connectivity index (χ3v) is 4.43. The Morgan fingerprint density at radius 2 is 2.07 bits per heavy atom. The van der Waals surface area contributed by atoms with Crippen LogP contribution in [0.25, 0.3) is 0 Å². The van der Waals surface area contributed by atoms with Gasteiger partial charge in [-0.05, 0) is 57.0 Å². The van der Waals surface area contributed by atoms with Crippen molar-refractivity contribution in [2.45, 2.75) is 58.0 Å². The molecule has 0 bridgehead atoms. The second-order valence-corrected chi connectivity index (χ2v) is 5.76. The first-order valence-electron chi connectivity index (χ1n) is 6.68. The normalized spacial score (nSPS) is 38.0. The highest BCUT2D eigenvalue weighted by molar-refractivity contribution is 4.91. The zero-order chi connectivity index (χ0) is 10.8. The van der Waals surface area contributed by atoms with Crippen molar-refractivity contribution >= 4 is 0 Å². The van der Waals surface area contributed by atoms with Crippen LogP contribution in [-0.4, -0.2) is 30.1 Å². The lowest BCUT2D eigenvalue weighted by Crippen LogP contribution is -2.40. The molecule has 2 nitrogen and oxygen atoms in total. The Labute approximate surface area is 94.2 Å². The van der Waals surface area contributed by atoms with E-state index >= 15 is 0 Å². The first-order valence-corrected chi connectivity index (χ1v) is 6.68. The van der Waals surface area contributed by atoms with Gasteiger partial charge in [-0.3, -0.25) is 4.90 Å². The summed E-state index contributed by atoms with van der Waals surface area (Å²) in [5.74, 6) is 1.63. The van der Waals surface area contributed by atoms with Crippen LogP contribution in [0.4, 0.5) is 0 Å². The second-order valence-electron chi connectivity index (χ2n) is 5.76. The average Bonchev–Trinajstić information content (AvgIpc) is 2.85. The molecule has 1 saturated heterocycles. The molecule has 2 rings (SSSR count). The summed E-state index contributed by atoms with van der Waals surface area (Å²) in [4.78, 5) is 2.79. The van der Waals surface area contributed by atoms with Gasteiger partial charge in [-0.25, -0.2) is 0 Å². The molecule has 2 N–H and O–H groups in total. The van der Waals surface area contributed by atoms with E-state index in [4.69, 9.17) is 5.73 Å². The van der Waals surface area contributed by atoms with E-state index < -0.39 is 0 Å². The van der Waals surface area contributed by atoms with Gasteiger partial charge in [-0.2, -0.15) is 0 Å². The molecule has 1 aliphatic heterocycles. The first-order chi connectivity index (χ1) is 7.22. The van der Waals surface area contributed by atoms with Gasteiger partial charge in [0.1, 0.15) is 0 Å². The summed E-state index contributed by atoms with van der Waals surface area (Å²) in [5.41, 5.74) is 5.77. The Kier molecular flexibility index (Phi) is 3.68. The molecular weight excluding hydrogens is 184 g/mol. The Morgan fingerprint density at radius 1 is 1.27 bits per heavy atom. The van der Waals surface area contributed by atoms with Gasteiger partial charge in [0.05, 0.1) is 0 Å². The van der Waals surface area contributed by atoms with Crippen molar-refractivity contribution < 1.29 is 0 Å². The first kappa shape index (κ1) is 11.4. The molecule has 0 spiro atoms. The van der Waals surface area contributed by atoms with E-state index in [9.17, 15) is 0 Å². The van der Waals surface area contributed by atoms with E-state index in [-0.39, 0.29) is 0 Å². The van der Waals surface area contributed by atoms with Gasteiger partial charge in [0.25, 0.3) is 0 Å². The smallest absolute Gasteiger partial charge is 0.0122 e. The van der Waals surface area contributed by atoms with E-state index in [1.807, 2.05) is 0 Å². The predicted molar refractivity (Wildman–Crippen MR) is 64.7 cm³/mol. The summed E-state index contributed by atoms with van der Waals surface area (Å²) in [7, 11) is 0. The van der Waals surface area contributed by atoms with Crippen molar-refractivity contribution in [3.05, 3.63) is 0 Å². The molecule has 2 heteroatoms. The zero-order valence-electron chi connectivity index (χ0n) is 10.3. The number of hydrogen-bond acceptors (Lipinski definition) is 2. The van der Waals surface area contributed by atoms with E-state index in [0.29, 0.717) is 0 Å². The molecule has 1 heterocycles. The fraction of sp³-hybridized carbons (Fsp3) is 1.00. The molecule has 3 atom stereocenters. The summed E-state index contributed by atoms with van der Waals surface area (Å²) in [6.45, 7) is 6.98. The summed E-state index contributed by atoms with van der Waals surface area (Å²) >= 11 is 0. The molecule has 0 aromatic heterocycles. The zero-order valence-corrected chi connectivity index (χ0v) is 10.3. The topological polar surface area (TPSA) is 29.3 Å². The quantitative estimate of drug-likeness (QED) is 0.774. The third-order valence-electron chi connectivity index (χ3n) is 4.43. The summed E-state index contributed by atoms with van der Waals surface area (Å²) < 4.78 is 0. The van der Waals surface area contributed by atoms with Crippen LogP contribution in [0.3, 0.4) is 0 Å². The second kappa shape index (κ2) is 4.84. The van der Waals surface area contributed by atoms with Crippen molar-refractivity contribution in [1.82, 2.24) is 4.90 Å². The Hall–Kier alpha value is -0.0800. The summed E-state index contributed by atoms with van der Waals surface area (Å²) in [5, 5.41) is 0. The highest BCUT2D eigenvalue weighted by atomic mass is 15.2. The Bertz CT molecular complexity index is 203. The van der Waals surface area contributed by atoms with Gasteiger partial charge in [-0.1, -0.05) is 13.8 Å². The molecule has 1 aliphatic carbocycles. The van der Waals surface area contributed by atoms with Crippen LogP contribution < -0.4 is 5.73 Å². The van der Waals surface area contributed by atoms with Crippen molar-refractivity contribution in [2.24, 2.45) is 17.6 Å². The molecule has 2 fully saturated rings. The number of nitrogens with two attached hydrogens (primary N) is 1. The molecule has 3 unspecified atom stereocenters. The average molecular weight is 210 g/mol. The number of rotatable bonds is 3. The monoisotopic (exact) mass is 210 g/mol. The minimum absolute atomic E-state index is 0.809. The van der Waals surface area contributed by atoms with Gasteiger partial charge in [0.2, 0.25) is 0 Å². The third kappa shape index (κ3) is 2.36. The van der Waals surface area contributed by atoms with E-state index in [0.717, 1.165) is 30.5 Å². The Morgan fingerprint density at radius 3 is 2.67 bits per heavy atom. The lowest BCUT2D eigenvalue weighted by Gasteiger charge is -2.33. The fourth-order valence-electron chi connectivity index (χ4n) is 3.55. The fourth-order valence-corrected chi connectivity index (χ4v) is 3.55. The van der Waals surface area contributed by atoms with E-state index in [1.165, 1.54) is 38.6 Å².